The van der Waals surface area contributed by atoms with Crippen molar-refractivity contribution in [2.75, 3.05) is 6.61 Å². The molecule has 2 aliphatic heterocycles. The second-order valence-electron chi connectivity index (χ2n) is 9.37. The molecule has 0 N–H and O–H groups in total. The Balaban J connectivity index is 1.81. The first-order valence-corrected chi connectivity index (χ1v) is 9.23. The number of fused-ring (bicyclic) bond motifs is 2. The molecule has 2 saturated heterocycles. The Bertz CT molecular complexity index is 648. The SMILES string of the molecule is CC1=CC(=O)[C@@H]2C(C)(C)CCC[C@]2(C)[C@@]12CC[C@]1(COC(=O)C1)O2. The van der Waals surface area contributed by atoms with Crippen LogP contribution in [0.5, 0.6) is 0 Å². The van der Waals surface area contributed by atoms with Gasteiger partial charge in [-0.1, -0.05) is 27.2 Å². The Labute approximate surface area is 144 Å². The highest BCUT2D eigenvalue weighted by Crippen LogP contribution is 2.65. The molecular formula is C20H28O4. The summed E-state index contributed by atoms with van der Waals surface area (Å²) >= 11 is 0. The van der Waals surface area contributed by atoms with Crippen LogP contribution in [0, 0.1) is 16.7 Å². The van der Waals surface area contributed by atoms with Crippen LogP contribution < -0.4 is 0 Å². The van der Waals surface area contributed by atoms with Gasteiger partial charge in [0.1, 0.15) is 12.2 Å². The summed E-state index contributed by atoms with van der Waals surface area (Å²) in [4.78, 5) is 24.7. The fraction of sp³-hybridized carbons (Fsp3) is 0.800. The number of allylic oxidation sites excluding steroid dienone is 1. The number of cyclic esters (lactones) is 1. The first-order chi connectivity index (χ1) is 11.1. The van der Waals surface area contributed by atoms with E-state index in [0.717, 1.165) is 37.7 Å². The Hall–Kier alpha value is -1.16. The monoisotopic (exact) mass is 332 g/mol. The van der Waals surface area contributed by atoms with Gasteiger partial charge in [-0.3, -0.25) is 9.59 Å². The molecule has 4 rings (SSSR count). The molecular weight excluding hydrogens is 304 g/mol. The Kier molecular flexibility index (Phi) is 3.21. The summed E-state index contributed by atoms with van der Waals surface area (Å²) in [5, 5.41) is 0. The lowest BCUT2D eigenvalue weighted by Gasteiger charge is -2.60. The Morgan fingerprint density at radius 1 is 1.08 bits per heavy atom. The van der Waals surface area contributed by atoms with E-state index in [1.807, 2.05) is 13.0 Å². The molecule has 0 unspecified atom stereocenters. The van der Waals surface area contributed by atoms with Crippen molar-refractivity contribution in [1.82, 2.24) is 0 Å². The minimum absolute atomic E-state index is 0.0179. The number of hydrogen-bond acceptors (Lipinski definition) is 4. The molecule has 0 aromatic heterocycles. The third kappa shape index (κ3) is 1.89. The molecule has 0 aromatic carbocycles. The molecule has 0 aromatic rings. The molecule has 132 valence electrons. The van der Waals surface area contributed by atoms with Crippen LogP contribution >= 0.6 is 0 Å². The third-order valence-corrected chi connectivity index (χ3v) is 7.42. The molecule has 2 spiro atoms. The zero-order valence-electron chi connectivity index (χ0n) is 15.2. The highest BCUT2D eigenvalue weighted by atomic mass is 16.6. The van der Waals surface area contributed by atoms with Crippen molar-refractivity contribution >= 4 is 11.8 Å². The van der Waals surface area contributed by atoms with Crippen LogP contribution in [0.2, 0.25) is 0 Å². The number of carbonyl (C=O) groups is 2. The largest absolute Gasteiger partial charge is 0.463 e. The van der Waals surface area contributed by atoms with E-state index >= 15 is 0 Å². The van der Waals surface area contributed by atoms with Crippen molar-refractivity contribution in [2.24, 2.45) is 16.7 Å². The van der Waals surface area contributed by atoms with E-state index in [1.165, 1.54) is 0 Å². The van der Waals surface area contributed by atoms with E-state index in [2.05, 4.69) is 20.8 Å². The van der Waals surface area contributed by atoms with Gasteiger partial charge in [-0.2, -0.15) is 0 Å². The molecule has 0 radical (unpaired) electrons. The lowest BCUT2D eigenvalue weighted by molar-refractivity contribution is -0.193. The van der Waals surface area contributed by atoms with E-state index in [9.17, 15) is 9.59 Å². The molecule has 0 amide bonds. The second kappa shape index (κ2) is 4.72. The predicted molar refractivity (Wildman–Crippen MR) is 89.4 cm³/mol. The van der Waals surface area contributed by atoms with Crippen LogP contribution in [0.25, 0.3) is 0 Å². The first-order valence-electron chi connectivity index (χ1n) is 9.23. The smallest absolute Gasteiger partial charge is 0.308 e. The third-order valence-electron chi connectivity index (χ3n) is 7.42. The van der Waals surface area contributed by atoms with E-state index in [4.69, 9.17) is 9.47 Å². The van der Waals surface area contributed by atoms with Crippen molar-refractivity contribution in [2.45, 2.75) is 77.4 Å². The molecule has 4 nitrogen and oxygen atoms in total. The molecule has 24 heavy (non-hydrogen) atoms. The molecule has 4 atom stereocenters. The number of rotatable bonds is 0. The van der Waals surface area contributed by atoms with Crippen molar-refractivity contribution in [1.29, 1.82) is 0 Å². The molecule has 3 fully saturated rings. The van der Waals surface area contributed by atoms with Gasteiger partial charge in [0.05, 0.1) is 12.0 Å². The quantitative estimate of drug-likeness (QED) is 0.636. The fourth-order valence-corrected chi connectivity index (χ4v) is 6.42. The number of hydrogen-bond donors (Lipinski definition) is 0. The molecule has 2 aliphatic carbocycles. The van der Waals surface area contributed by atoms with E-state index in [0.29, 0.717) is 13.0 Å². The van der Waals surface area contributed by atoms with Gasteiger partial charge in [0.15, 0.2) is 5.78 Å². The van der Waals surface area contributed by atoms with Crippen molar-refractivity contribution in [3.05, 3.63) is 11.6 Å². The fourth-order valence-electron chi connectivity index (χ4n) is 6.42. The minimum atomic E-state index is -0.484. The zero-order chi connectivity index (χ0) is 17.4. The van der Waals surface area contributed by atoms with Crippen molar-refractivity contribution in [3.63, 3.8) is 0 Å². The second-order valence-corrected chi connectivity index (χ2v) is 9.37. The average molecular weight is 332 g/mol. The van der Waals surface area contributed by atoms with E-state index in [1.54, 1.807) is 0 Å². The van der Waals surface area contributed by atoms with Crippen LogP contribution in [0.3, 0.4) is 0 Å². The Morgan fingerprint density at radius 2 is 1.83 bits per heavy atom. The molecule has 1 saturated carbocycles. The lowest BCUT2D eigenvalue weighted by Crippen LogP contribution is -2.62. The van der Waals surface area contributed by atoms with E-state index < -0.39 is 11.2 Å². The maximum atomic E-state index is 13.0. The topological polar surface area (TPSA) is 52.6 Å². The van der Waals surface area contributed by atoms with Gasteiger partial charge in [-0.15, -0.1) is 0 Å². The van der Waals surface area contributed by atoms with Gasteiger partial charge in [0, 0.05) is 11.3 Å². The number of carbonyl (C=O) groups excluding carboxylic acids is 2. The van der Waals surface area contributed by atoms with Gasteiger partial charge in [0.2, 0.25) is 0 Å². The number of ether oxygens (including phenoxy) is 2. The number of ketones is 1. The summed E-state index contributed by atoms with van der Waals surface area (Å²) in [5.74, 6) is 0.0792. The predicted octanol–water partition coefficient (Wildman–Crippen LogP) is 3.58. The standard InChI is InChI=1S/C20H28O4/c1-13-10-14(21)16-17(2,3)6-5-7-18(16,4)20(13)9-8-19(24-20)11-15(22)23-12-19/h10,16H,5-9,11-12H2,1-4H3/t16-,18+,19+,20-/m1/s1. The first kappa shape index (κ1) is 16.3. The molecule has 4 heteroatoms. The van der Waals surface area contributed by atoms with Crippen molar-refractivity contribution in [3.8, 4) is 0 Å². The zero-order valence-corrected chi connectivity index (χ0v) is 15.2. The summed E-state index contributed by atoms with van der Waals surface area (Å²) in [6.07, 6.45) is 7.09. The maximum absolute atomic E-state index is 13.0. The van der Waals surface area contributed by atoms with Crippen LogP contribution in [0.1, 0.15) is 66.2 Å². The molecule has 4 aliphatic rings. The summed E-state index contributed by atoms with van der Waals surface area (Å²) in [7, 11) is 0. The van der Waals surface area contributed by atoms with Gasteiger partial charge in [0.25, 0.3) is 0 Å². The highest BCUT2D eigenvalue weighted by molar-refractivity contribution is 5.95. The van der Waals surface area contributed by atoms with Crippen LogP contribution in [0.4, 0.5) is 0 Å². The van der Waals surface area contributed by atoms with Crippen LogP contribution in [0.15, 0.2) is 11.6 Å². The number of esters is 1. The molecule has 2 heterocycles. The van der Waals surface area contributed by atoms with Crippen molar-refractivity contribution < 1.29 is 19.1 Å². The summed E-state index contributed by atoms with van der Waals surface area (Å²) in [6, 6.07) is 0. The summed E-state index contributed by atoms with van der Waals surface area (Å²) in [5.41, 5.74) is -0.103. The van der Waals surface area contributed by atoms with Crippen LogP contribution in [-0.2, 0) is 19.1 Å². The van der Waals surface area contributed by atoms with Gasteiger partial charge in [-0.25, -0.2) is 0 Å². The van der Waals surface area contributed by atoms with Gasteiger partial charge >= 0.3 is 5.97 Å². The minimum Gasteiger partial charge on any atom is -0.463 e. The van der Waals surface area contributed by atoms with Crippen LogP contribution in [-0.4, -0.2) is 29.6 Å². The lowest BCUT2D eigenvalue weighted by atomic mass is 9.46. The van der Waals surface area contributed by atoms with Gasteiger partial charge < -0.3 is 9.47 Å². The maximum Gasteiger partial charge on any atom is 0.308 e. The van der Waals surface area contributed by atoms with E-state index in [-0.39, 0.29) is 28.5 Å². The average Bonchev–Trinajstić information content (AvgIpc) is 3.01. The summed E-state index contributed by atoms with van der Waals surface area (Å²) < 4.78 is 12.0. The Morgan fingerprint density at radius 3 is 2.50 bits per heavy atom. The highest BCUT2D eigenvalue weighted by Gasteiger charge is 2.68. The normalized spacial score (nSPS) is 47.0. The molecule has 0 bridgehead atoms. The summed E-state index contributed by atoms with van der Waals surface area (Å²) in [6.45, 7) is 9.10. The van der Waals surface area contributed by atoms with Gasteiger partial charge in [-0.05, 0) is 49.7 Å².